The van der Waals surface area contributed by atoms with Gasteiger partial charge in [-0.25, -0.2) is 4.98 Å². The van der Waals surface area contributed by atoms with E-state index in [-0.39, 0.29) is 23.7 Å². The molecule has 1 N–H and O–H groups in total. The van der Waals surface area contributed by atoms with Gasteiger partial charge < -0.3 is 9.88 Å². The quantitative estimate of drug-likeness (QED) is 0.356. The summed E-state index contributed by atoms with van der Waals surface area (Å²) in [7, 11) is 0. The molecule has 0 radical (unpaired) electrons. The van der Waals surface area contributed by atoms with Crippen LogP contribution in [0.4, 0.5) is 5.69 Å². The second kappa shape index (κ2) is 8.84. The van der Waals surface area contributed by atoms with Gasteiger partial charge in [0.1, 0.15) is 5.69 Å². The van der Waals surface area contributed by atoms with Gasteiger partial charge >= 0.3 is 0 Å². The predicted molar refractivity (Wildman–Crippen MR) is 119 cm³/mol. The van der Waals surface area contributed by atoms with Crippen molar-refractivity contribution in [2.45, 2.75) is 26.9 Å². The van der Waals surface area contributed by atoms with Crippen molar-refractivity contribution in [2.24, 2.45) is 0 Å². The minimum atomic E-state index is -0.506. The summed E-state index contributed by atoms with van der Waals surface area (Å²) in [6.45, 7) is 4.79. The first-order valence-corrected chi connectivity index (χ1v) is 10.1. The van der Waals surface area contributed by atoms with Gasteiger partial charge in [-0.3, -0.25) is 19.6 Å². The highest BCUT2D eigenvalue weighted by molar-refractivity contribution is 5.95. The molecule has 0 bridgehead atoms. The molecule has 0 atom stereocenters. The minimum Gasteiger partial charge on any atom is -0.348 e. The number of rotatable bonds is 7. The number of nitrogens with one attached hydrogen (secondary N) is 1. The van der Waals surface area contributed by atoms with E-state index in [1.807, 2.05) is 48.9 Å². The highest BCUT2D eigenvalue weighted by atomic mass is 16.6. The van der Waals surface area contributed by atoms with E-state index in [4.69, 9.17) is 0 Å². The van der Waals surface area contributed by atoms with Crippen LogP contribution in [0.3, 0.4) is 0 Å². The summed E-state index contributed by atoms with van der Waals surface area (Å²) in [4.78, 5) is 27.7. The van der Waals surface area contributed by atoms with Crippen molar-refractivity contribution in [3.8, 4) is 5.69 Å². The summed E-state index contributed by atoms with van der Waals surface area (Å²) < 4.78 is 3.45. The Bertz CT molecular complexity index is 1260. The molecule has 32 heavy (non-hydrogen) atoms. The van der Waals surface area contributed by atoms with Crippen molar-refractivity contribution in [3.63, 3.8) is 0 Å². The Balaban J connectivity index is 1.51. The molecule has 0 aliphatic heterocycles. The minimum absolute atomic E-state index is 0.168. The van der Waals surface area contributed by atoms with E-state index in [1.54, 1.807) is 18.3 Å². The van der Waals surface area contributed by atoms with Gasteiger partial charge in [0, 0.05) is 41.8 Å². The summed E-state index contributed by atoms with van der Waals surface area (Å²) in [6, 6.07) is 14.4. The van der Waals surface area contributed by atoms with Crippen molar-refractivity contribution in [1.29, 1.82) is 0 Å². The first-order valence-electron chi connectivity index (χ1n) is 10.1. The van der Waals surface area contributed by atoms with E-state index >= 15 is 0 Å². The number of carbonyl (C=O) groups excluding carboxylic acids is 1. The highest BCUT2D eigenvalue weighted by Crippen LogP contribution is 2.24. The van der Waals surface area contributed by atoms with Gasteiger partial charge in [-0.2, -0.15) is 5.10 Å². The molecule has 0 saturated heterocycles. The average Bonchev–Trinajstić information content (AvgIpc) is 3.41. The molecular formula is C23H22N6O3. The van der Waals surface area contributed by atoms with Crippen LogP contribution in [0.15, 0.2) is 67.3 Å². The molecule has 1 amide bonds. The van der Waals surface area contributed by atoms with Crippen LogP contribution in [-0.2, 0) is 13.1 Å². The number of carbonyl (C=O) groups is 1. The third kappa shape index (κ3) is 4.27. The lowest BCUT2D eigenvalue weighted by atomic mass is 10.1. The van der Waals surface area contributed by atoms with E-state index in [0.717, 1.165) is 22.5 Å². The molecule has 9 heteroatoms. The molecule has 2 aromatic heterocycles. The zero-order chi connectivity index (χ0) is 22.7. The van der Waals surface area contributed by atoms with Gasteiger partial charge in [0.25, 0.3) is 11.6 Å². The largest absolute Gasteiger partial charge is 0.348 e. The van der Waals surface area contributed by atoms with Crippen LogP contribution >= 0.6 is 0 Å². The first-order chi connectivity index (χ1) is 15.4. The summed E-state index contributed by atoms with van der Waals surface area (Å²) in [6.07, 6.45) is 4.62. The topological polar surface area (TPSA) is 108 Å². The summed E-state index contributed by atoms with van der Waals surface area (Å²) >= 11 is 0. The predicted octanol–water partition coefficient (Wildman–Crippen LogP) is 3.57. The van der Waals surface area contributed by atoms with Crippen molar-refractivity contribution in [1.82, 2.24) is 24.6 Å². The van der Waals surface area contributed by atoms with Crippen LogP contribution in [0, 0.1) is 24.0 Å². The second-order valence-electron chi connectivity index (χ2n) is 7.41. The zero-order valence-electron chi connectivity index (χ0n) is 17.7. The molecule has 9 nitrogen and oxygen atoms in total. The Labute approximate surface area is 184 Å². The molecule has 0 spiro atoms. The number of nitro benzene ring substituents is 1. The van der Waals surface area contributed by atoms with Crippen LogP contribution in [0.25, 0.3) is 5.69 Å². The first kappa shape index (κ1) is 21.0. The fourth-order valence-electron chi connectivity index (χ4n) is 3.60. The maximum absolute atomic E-state index is 12.7. The van der Waals surface area contributed by atoms with Crippen molar-refractivity contribution in [2.75, 3.05) is 0 Å². The molecule has 162 valence electrons. The molecule has 0 aliphatic carbocycles. The summed E-state index contributed by atoms with van der Waals surface area (Å²) in [5, 5.41) is 19.0. The number of aromatic nitrogens is 4. The smallest absolute Gasteiger partial charge is 0.294 e. The lowest BCUT2D eigenvalue weighted by molar-refractivity contribution is -0.384. The Morgan fingerprint density at radius 3 is 2.62 bits per heavy atom. The highest BCUT2D eigenvalue weighted by Gasteiger charge is 2.19. The number of nitro groups is 1. The molecular weight excluding hydrogens is 408 g/mol. The third-order valence-corrected chi connectivity index (χ3v) is 5.35. The molecule has 0 unspecified atom stereocenters. The lowest BCUT2D eigenvalue weighted by Gasteiger charge is -2.09. The molecule has 0 fully saturated rings. The van der Waals surface area contributed by atoms with Crippen molar-refractivity contribution >= 4 is 11.6 Å². The fraction of sp³-hybridized carbons (Fsp3) is 0.174. The van der Waals surface area contributed by atoms with Crippen LogP contribution < -0.4 is 5.32 Å². The maximum atomic E-state index is 12.7. The van der Waals surface area contributed by atoms with E-state index in [1.165, 1.54) is 23.2 Å². The monoisotopic (exact) mass is 430 g/mol. The molecule has 4 rings (SSSR count). The van der Waals surface area contributed by atoms with E-state index in [2.05, 4.69) is 15.4 Å². The van der Waals surface area contributed by atoms with Crippen LogP contribution in [0.5, 0.6) is 0 Å². The third-order valence-electron chi connectivity index (χ3n) is 5.35. The molecule has 2 heterocycles. The summed E-state index contributed by atoms with van der Waals surface area (Å²) in [5.74, 6) is -0.389. The number of benzene rings is 2. The molecule has 0 saturated carbocycles. The lowest BCUT2D eigenvalue weighted by Crippen LogP contribution is -2.23. The second-order valence-corrected chi connectivity index (χ2v) is 7.41. The Hall–Kier alpha value is -4.27. The standard InChI is InChI=1S/C23H22N6O3/c1-16-20(17(2)28(26-16)14-18-6-4-3-5-7-18)13-25-23(30)19-8-9-21(22(12-19)29(31)32)27-11-10-24-15-27/h3-12,15H,13-14H2,1-2H3,(H,25,30). The Morgan fingerprint density at radius 1 is 1.16 bits per heavy atom. The molecule has 2 aromatic carbocycles. The number of nitrogens with zero attached hydrogens (tertiary/aromatic N) is 5. The normalized spacial score (nSPS) is 10.8. The van der Waals surface area contributed by atoms with E-state index in [9.17, 15) is 14.9 Å². The van der Waals surface area contributed by atoms with Crippen molar-refractivity contribution in [3.05, 3.63) is 105 Å². The Morgan fingerprint density at radius 2 is 1.94 bits per heavy atom. The van der Waals surface area contributed by atoms with Gasteiger partial charge in [0.15, 0.2) is 0 Å². The number of hydrogen-bond donors (Lipinski definition) is 1. The van der Waals surface area contributed by atoms with Gasteiger partial charge in [-0.1, -0.05) is 30.3 Å². The number of hydrogen-bond acceptors (Lipinski definition) is 5. The van der Waals surface area contributed by atoms with Crippen LogP contribution in [0.1, 0.15) is 32.9 Å². The van der Waals surface area contributed by atoms with Gasteiger partial charge in [0.05, 0.1) is 23.5 Å². The van der Waals surface area contributed by atoms with Gasteiger partial charge in [-0.05, 0) is 31.5 Å². The summed E-state index contributed by atoms with van der Waals surface area (Å²) in [5.41, 5.74) is 4.26. The maximum Gasteiger partial charge on any atom is 0.294 e. The van der Waals surface area contributed by atoms with Gasteiger partial charge in [-0.15, -0.1) is 0 Å². The molecule has 4 aromatic rings. The van der Waals surface area contributed by atoms with E-state index in [0.29, 0.717) is 12.2 Å². The molecule has 0 aliphatic rings. The van der Waals surface area contributed by atoms with E-state index < -0.39 is 4.92 Å². The Kier molecular flexibility index (Phi) is 5.80. The number of imidazole rings is 1. The fourth-order valence-corrected chi connectivity index (χ4v) is 3.60. The van der Waals surface area contributed by atoms with Gasteiger partial charge in [0.2, 0.25) is 0 Å². The average molecular weight is 430 g/mol. The van der Waals surface area contributed by atoms with Crippen LogP contribution in [0.2, 0.25) is 0 Å². The van der Waals surface area contributed by atoms with Crippen LogP contribution in [-0.4, -0.2) is 30.2 Å². The SMILES string of the molecule is Cc1nn(Cc2ccccc2)c(C)c1CNC(=O)c1ccc(-n2ccnc2)c([N+](=O)[O-])c1. The number of amides is 1. The zero-order valence-corrected chi connectivity index (χ0v) is 17.7. The van der Waals surface area contributed by atoms with Crippen molar-refractivity contribution < 1.29 is 9.72 Å². The number of aryl methyl sites for hydroxylation is 1.